The summed E-state index contributed by atoms with van der Waals surface area (Å²) < 4.78 is 6.36. The minimum absolute atomic E-state index is 0.105. The number of likely N-dealkylation sites (tertiary alicyclic amines) is 1. The smallest absolute Gasteiger partial charge is 0.262 e. The maximum absolute atomic E-state index is 13.1. The molecule has 0 aromatic heterocycles. The second-order valence-electron chi connectivity index (χ2n) is 9.76. The van der Waals surface area contributed by atoms with E-state index in [1.165, 1.54) is 0 Å². The molecule has 4 amide bonds. The average molecular weight is 485 g/mol. The van der Waals surface area contributed by atoms with Crippen molar-refractivity contribution in [2.75, 3.05) is 44.2 Å². The molecule has 3 saturated heterocycles. The Balaban J connectivity index is 1.18. The third-order valence-electron chi connectivity index (χ3n) is 7.57. The van der Waals surface area contributed by atoms with Crippen LogP contribution in [-0.2, 0) is 14.3 Å². The average Bonchev–Trinajstić information content (AvgIpc) is 3.10. The van der Waals surface area contributed by atoms with Crippen molar-refractivity contribution in [1.29, 1.82) is 0 Å². The van der Waals surface area contributed by atoms with Gasteiger partial charge in [0.15, 0.2) is 0 Å². The van der Waals surface area contributed by atoms with Gasteiger partial charge in [-0.2, -0.15) is 0 Å². The Hall–Kier alpha value is -2.82. The van der Waals surface area contributed by atoms with E-state index >= 15 is 0 Å². The molecule has 10 heteroatoms. The van der Waals surface area contributed by atoms with Gasteiger partial charge in [-0.1, -0.05) is 0 Å². The number of piperidine rings is 3. The van der Waals surface area contributed by atoms with Crippen LogP contribution in [-0.4, -0.2) is 96.1 Å². The fourth-order valence-electron chi connectivity index (χ4n) is 5.59. The SMILES string of the molecule is O=C1CCC(N2C(=O)c3ccc(N4CCC(OC5CCN(CCO)CC5)CC4)cc3C2=O)C(=O)N1. The lowest BCUT2D eigenvalue weighted by Gasteiger charge is -2.37. The van der Waals surface area contributed by atoms with Crippen LogP contribution in [0.1, 0.15) is 59.2 Å². The Morgan fingerprint density at radius 3 is 2.20 bits per heavy atom. The van der Waals surface area contributed by atoms with Crippen molar-refractivity contribution in [3.05, 3.63) is 29.3 Å². The first-order valence-electron chi connectivity index (χ1n) is 12.5. The number of rotatable bonds is 6. The number of hydrogen-bond donors (Lipinski definition) is 2. The molecule has 0 radical (unpaired) electrons. The first kappa shape index (κ1) is 23.9. The molecule has 1 aromatic rings. The number of carbonyl (C=O) groups excluding carboxylic acids is 4. The summed E-state index contributed by atoms with van der Waals surface area (Å²) in [5, 5.41) is 11.3. The molecule has 1 unspecified atom stereocenters. The van der Waals surface area contributed by atoms with Gasteiger partial charge >= 0.3 is 0 Å². The second-order valence-corrected chi connectivity index (χ2v) is 9.76. The molecule has 35 heavy (non-hydrogen) atoms. The number of aliphatic hydroxyl groups is 1. The Morgan fingerprint density at radius 2 is 1.54 bits per heavy atom. The summed E-state index contributed by atoms with van der Waals surface area (Å²) in [5.74, 6) is -1.95. The van der Waals surface area contributed by atoms with Crippen LogP contribution in [0.3, 0.4) is 0 Å². The molecule has 4 heterocycles. The highest BCUT2D eigenvalue weighted by atomic mass is 16.5. The number of imide groups is 2. The summed E-state index contributed by atoms with van der Waals surface area (Å²) in [4.78, 5) is 55.2. The standard InChI is InChI=1S/C25H32N4O6/c30-14-13-27-9-5-17(6-10-27)35-18-7-11-28(12-8-18)16-1-2-19-20(15-16)25(34)29(24(19)33)21-3-4-22(31)26-23(21)32/h1-2,15,17-18,21,30H,3-14H2,(H,26,31,32). The fourth-order valence-corrected chi connectivity index (χ4v) is 5.59. The van der Waals surface area contributed by atoms with Gasteiger partial charge in [-0.3, -0.25) is 29.4 Å². The molecule has 0 aliphatic carbocycles. The van der Waals surface area contributed by atoms with Crippen molar-refractivity contribution in [2.45, 2.75) is 56.8 Å². The number of benzene rings is 1. The monoisotopic (exact) mass is 484 g/mol. The van der Waals surface area contributed by atoms with E-state index in [2.05, 4.69) is 15.1 Å². The maximum Gasteiger partial charge on any atom is 0.262 e. The molecule has 188 valence electrons. The van der Waals surface area contributed by atoms with Crippen LogP contribution < -0.4 is 10.2 Å². The van der Waals surface area contributed by atoms with Crippen molar-refractivity contribution in [3.63, 3.8) is 0 Å². The summed E-state index contributed by atoms with van der Waals surface area (Å²) in [5.41, 5.74) is 1.49. The Bertz CT molecular complexity index is 1010. The van der Waals surface area contributed by atoms with Crippen LogP contribution >= 0.6 is 0 Å². The lowest BCUT2D eigenvalue weighted by Crippen LogP contribution is -2.54. The molecule has 1 atom stereocenters. The number of β-amino-alcohol motifs (C(OH)–C–C–N with tert-alkyl or cyclic N) is 1. The van der Waals surface area contributed by atoms with Gasteiger partial charge in [0.2, 0.25) is 11.8 Å². The van der Waals surface area contributed by atoms with Crippen LogP contribution in [0.2, 0.25) is 0 Å². The lowest BCUT2D eigenvalue weighted by molar-refractivity contribution is -0.136. The quantitative estimate of drug-likeness (QED) is 0.562. The number of nitrogens with zero attached hydrogens (tertiary/aromatic N) is 3. The minimum Gasteiger partial charge on any atom is -0.395 e. The third kappa shape index (κ3) is 4.82. The Kier molecular flexibility index (Phi) is 6.86. The molecule has 5 rings (SSSR count). The molecule has 0 spiro atoms. The summed E-state index contributed by atoms with van der Waals surface area (Å²) in [6.07, 6.45) is 4.50. The number of ether oxygens (including phenoxy) is 1. The summed E-state index contributed by atoms with van der Waals surface area (Å²) in [6.45, 7) is 4.44. The molecule has 1 aromatic carbocycles. The maximum atomic E-state index is 13.1. The molecule has 10 nitrogen and oxygen atoms in total. The molecular formula is C25H32N4O6. The highest BCUT2D eigenvalue weighted by Crippen LogP contribution is 2.32. The number of hydrogen-bond acceptors (Lipinski definition) is 8. The largest absolute Gasteiger partial charge is 0.395 e. The molecule has 3 fully saturated rings. The van der Waals surface area contributed by atoms with Crippen LogP contribution in [0.4, 0.5) is 5.69 Å². The van der Waals surface area contributed by atoms with E-state index < -0.39 is 23.8 Å². The number of carbonyl (C=O) groups is 4. The zero-order valence-electron chi connectivity index (χ0n) is 19.8. The first-order valence-corrected chi connectivity index (χ1v) is 12.5. The van der Waals surface area contributed by atoms with E-state index in [-0.39, 0.29) is 37.6 Å². The van der Waals surface area contributed by atoms with Gasteiger partial charge in [0.25, 0.3) is 11.8 Å². The Morgan fingerprint density at radius 1 is 0.886 bits per heavy atom. The summed E-state index contributed by atoms with van der Waals surface area (Å²) in [7, 11) is 0. The molecule has 4 aliphatic rings. The summed E-state index contributed by atoms with van der Waals surface area (Å²) >= 11 is 0. The van der Waals surface area contributed by atoms with Crippen LogP contribution in [0.25, 0.3) is 0 Å². The van der Waals surface area contributed by atoms with E-state index in [4.69, 9.17) is 9.84 Å². The third-order valence-corrected chi connectivity index (χ3v) is 7.57. The highest BCUT2D eigenvalue weighted by molar-refractivity contribution is 6.23. The number of anilines is 1. The van der Waals surface area contributed by atoms with Crippen molar-refractivity contribution >= 4 is 29.3 Å². The Labute approximate surface area is 204 Å². The van der Waals surface area contributed by atoms with E-state index in [0.29, 0.717) is 11.1 Å². The molecule has 0 bridgehead atoms. The van der Waals surface area contributed by atoms with Gasteiger partial charge in [-0.05, 0) is 50.3 Å². The molecular weight excluding hydrogens is 452 g/mol. The molecule has 4 aliphatic heterocycles. The molecule has 2 N–H and O–H groups in total. The van der Waals surface area contributed by atoms with Crippen molar-refractivity contribution in [3.8, 4) is 0 Å². The van der Waals surface area contributed by atoms with Crippen LogP contribution in [0, 0.1) is 0 Å². The normalized spacial score (nSPS) is 24.8. The predicted octanol–water partition coefficient (Wildman–Crippen LogP) is 0.530. The second kappa shape index (κ2) is 10.0. The van der Waals surface area contributed by atoms with E-state index in [9.17, 15) is 19.2 Å². The van der Waals surface area contributed by atoms with Gasteiger partial charge in [-0.25, -0.2) is 0 Å². The van der Waals surface area contributed by atoms with Crippen molar-refractivity contribution < 1.29 is 29.0 Å². The fraction of sp³-hybridized carbons (Fsp3) is 0.600. The van der Waals surface area contributed by atoms with Gasteiger partial charge in [-0.15, -0.1) is 0 Å². The number of amides is 4. The van der Waals surface area contributed by atoms with E-state index in [1.54, 1.807) is 12.1 Å². The van der Waals surface area contributed by atoms with E-state index in [1.807, 2.05) is 6.07 Å². The minimum atomic E-state index is -0.952. The van der Waals surface area contributed by atoms with Gasteiger partial charge in [0, 0.05) is 44.8 Å². The lowest BCUT2D eigenvalue weighted by atomic mass is 10.0. The zero-order valence-corrected chi connectivity index (χ0v) is 19.8. The van der Waals surface area contributed by atoms with Crippen molar-refractivity contribution in [1.82, 2.24) is 15.1 Å². The van der Waals surface area contributed by atoms with Crippen molar-refractivity contribution in [2.24, 2.45) is 0 Å². The molecule has 0 saturated carbocycles. The number of fused-ring (bicyclic) bond motifs is 1. The van der Waals surface area contributed by atoms with Crippen LogP contribution in [0.5, 0.6) is 0 Å². The summed E-state index contributed by atoms with van der Waals surface area (Å²) in [6, 6.07) is 4.32. The number of nitrogens with one attached hydrogen (secondary N) is 1. The van der Waals surface area contributed by atoms with Crippen LogP contribution in [0.15, 0.2) is 18.2 Å². The van der Waals surface area contributed by atoms with Gasteiger partial charge in [0.05, 0.1) is 29.9 Å². The topological polar surface area (TPSA) is 119 Å². The number of aliphatic hydroxyl groups excluding tert-OH is 1. The predicted molar refractivity (Wildman–Crippen MR) is 126 cm³/mol. The highest BCUT2D eigenvalue weighted by Gasteiger charge is 2.44. The van der Waals surface area contributed by atoms with Gasteiger partial charge in [0.1, 0.15) is 6.04 Å². The zero-order chi connectivity index (χ0) is 24.5. The van der Waals surface area contributed by atoms with E-state index in [0.717, 1.165) is 69.0 Å². The first-order chi connectivity index (χ1) is 16.9. The van der Waals surface area contributed by atoms with Gasteiger partial charge < -0.3 is 19.6 Å².